The normalized spacial score (nSPS) is 17.7. The van der Waals surface area contributed by atoms with Gasteiger partial charge in [0, 0.05) is 52.0 Å². The number of nitrogens with zero attached hydrogens (tertiary/aromatic N) is 2. The van der Waals surface area contributed by atoms with Crippen LogP contribution < -0.4 is 5.32 Å². The molecular formula is C15H22F3N3O. The summed E-state index contributed by atoms with van der Waals surface area (Å²) in [6.07, 6.45) is -4.35. The predicted octanol–water partition coefficient (Wildman–Crippen LogP) is 1.86. The summed E-state index contributed by atoms with van der Waals surface area (Å²) in [5.41, 5.74) is 0.197. The van der Waals surface area contributed by atoms with Crippen LogP contribution in [0.2, 0.25) is 0 Å². The van der Waals surface area contributed by atoms with Crippen LogP contribution in [0, 0.1) is 0 Å². The Morgan fingerprint density at radius 3 is 2.32 bits per heavy atom. The molecule has 0 radical (unpaired) electrons. The number of β-amino-alcohol motifs (C(OH)–C–C–N with tert-alkyl or cyclic N) is 1. The van der Waals surface area contributed by atoms with Crippen LogP contribution in [0.3, 0.4) is 0 Å². The van der Waals surface area contributed by atoms with Crippen LogP contribution in [0.4, 0.5) is 18.9 Å². The molecule has 1 fully saturated rings. The Bertz CT molecular complexity index is 485. The van der Waals surface area contributed by atoms with Gasteiger partial charge in [0.15, 0.2) is 0 Å². The molecule has 0 unspecified atom stereocenters. The van der Waals surface area contributed by atoms with E-state index in [2.05, 4.69) is 10.2 Å². The largest absolute Gasteiger partial charge is 0.416 e. The van der Waals surface area contributed by atoms with Gasteiger partial charge < -0.3 is 10.4 Å². The van der Waals surface area contributed by atoms with Gasteiger partial charge in [-0.15, -0.1) is 0 Å². The molecular weight excluding hydrogens is 295 g/mol. The van der Waals surface area contributed by atoms with E-state index in [1.165, 1.54) is 0 Å². The number of benzene rings is 1. The maximum Gasteiger partial charge on any atom is 0.416 e. The molecule has 1 aliphatic rings. The van der Waals surface area contributed by atoms with Gasteiger partial charge in [0.25, 0.3) is 0 Å². The molecule has 1 aliphatic heterocycles. The third-order valence-electron chi connectivity index (χ3n) is 3.98. The molecule has 4 nitrogen and oxygen atoms in total. The summed E-state index contributed by atoms with van der Waals surface area (Å²) >= 11 is 0. The molecule has 0 amide bonds. The quantitative estimate of drug-likeness (QED) is 0.869. The van der Waals surface area contributed by atoms with E-state index in [-0.39, 0.29) is 6.61 Å². The average Bonchev–Trinajstić information content (AvgIpc) is 2.49. The first-order chi connectivity index (χ1) is 10.4. The Labute approximate surface area is 128 Å². The van der Waals surface area contributed by atoms with Crippen LogP contribution in [0.1, 0.15) is 11.1 Å². The minimum absolute atomic E-state index is 0.115. The van der Waals surface area contributed by atoms with Crippen LogP contribution in [0.25, 0.3) is 0 Å². The highest BCUT2D eigenvalue weighted by molar-refractivity contribution is 5.49. The van der Waals surface area contributed by atoms with Crippen LogP contribution in [-0.4, -0.2) is 61.3 Å². The fraction of sp³-hybridized carbons (Fsp3) is 0.600. The van der Waals surface area contributed by atoms with E-state index in [1.54, 1.807) is 19.2 Å². The summed E-state index contributed by atoms with van der Waals surface area (Å²) in [5.74, 6) is 0. The van der Waals surface area contributed by atoms with E-state index in [1.807, 2.05) is 4.90 Å². The number of aliphatic hydroxyl groups is 1. The lowest BCUT2D eigenvalue weighted by atomic mass is 10.0. The van der Waals surface area contributed by atoms with Gasteiger partial charge in [0.1, 0.15) is 0 Å². The van der Waals surface area contributed by atoms with E-state index in [4.69, 9.17) is 5.11 Å². The topological polar surface area (TPSA) is 38.7 Å². The molecule has 1 heterocycles. The summed E-state index contributed by atoms with van der Waals surface area (Å²) in [6, 6.07) is 4.39. The highest BCUT2D eigenvalue weighted by Gasteiger charge is 2.34. The molecule has 124 valence electrons. The minimum atomic E-state index is -4.35. The third-order valence-corrected chi connectivity index (χ3v) is 3.98. The van der Waals surface area contributed by atoms with Crippen molar-refractivity contribution in [1.82, 2.24) is 9.80 Å². The Kier molecular flexibility index (Phi) is 5.66. The minimum Gasteiger partial charge on any atom is -0.395 e. The maximum atomic E-state index is 13.2. The van der Waals surface area contributed by atoms with Crippen molar-refractivity contribution in [1.29, 1.82) is 0 Å². The number of rotatable bonds is 5. The monoisotopic (exact) mass is 317 g/mol. The molecule has 22 heavy (non-hydrogen) atoms. The van der Waals surface area contributed by atoms with Gasteiger partial charge in [-0.1, -0.05) is 6.07 Å². The molecule has 0 aliphatic carbocycles. The number of aliphatic hydroxyl groups excluding tert-OH is 1. The second-order valence-corrected chi connectivity index (χ2v) is 5.46. The first-order valence-corrected chi connectivity index (χ1v) is 7.37. The Balaban J connectivity index is 2.07. The summed E-state index contributed by atoms with van der Waals surface area (Å²) in [4.78, 5) is 4.14. The average molecular weight is 317 g/mol. The van der Waals surface area contributed by atoms with Gasteiger partial charge in [-0.3, -0.25) is 9.80 Å². The van der Waals surface area contributed by atoms with Crippen molar-refractivity contribution < 1.29 is 18.3 Å². The van der Waals surface area contributed by atoms with Crippen molar-refractivity contribution in [3.8, 4) is 0 Å². The molecule has 0 spiro atoms. The van der Waals surface area contributed by atoms with Crippen molar-refractivity contribution in [2.24, 2.45) is 0 Å². The van der Waals surface area contributed by atoms with E-state index in [0.29, 0.717) is 37.4 Å². The summed E-state index contributed by atoms with van der Waals surface area (Å²) in [7, 11) is 1.61. The van der Waals surface area contributed by atoms with Crippen molar-refractivity contribution in [3.63, 3.8) is 0 Å². The Hall–Kier alpha value is -1.31. The number of piperazine rings is 1. The molecule has 0 bridgehead atoms. The SMILES string of the molecule is CNc1ccc(CN2CCN(CCO)CC2)c(C(F)(F)F)c1. The second kappa shape index (κ2) is 7.30. The van der Waals surface area contributed by atoms with Crippen molar-refractivity contribution in [2.45, 2.75) is 12.7 Å². The third kappa shape index (κ3) is 4.34. The van der Waals surface area contributed by atoms with E-state index in [0.717, 1.165) is 19.2 Å². The first-order valence-electron chi connectivity index (χ1n) is 7.37. The molecule has 1 saturated heterocycles. The van der Waals surface area contributed by atoms with Crippen LogP contribution in [0.15, 0.2) is 18.2 Å². The molecule has 2 rings (SSSR count). The van der Waals surface area contributed by atoms with E-state index in [9.17, 15) is 13.2 Å². The highest BCUT2D eigenvalue weighted by atomic mass is 19.4. The number of halogens is 3. The lowest BCUT2D eigenvalue weighted by Gasteiger charge is -2.34. The fourth-order valence-electron chi connectivity index (χ4n) is 2.69. The van der Waals surface area contributed by atoms with Crippen LogP contribution >= 0.6 is 0 Å². The van der Waals surface area contributed by atoms with Gasteiger partial charge in [-0.05, 0) is 17.7 Å². The van der Waals surface area contributed by atoms with Crippen molar-refractivity contribution in [2.75, 3.05) is 51.7 Å². The number of nitrogens with one attached hydrogen (secondary N) is 1. The van der Waals surface area contributed by atoms with Gasteiger partial charge >= 0.3 is 6.18 Å². The van der Waals surface area contributed by atoms with Crippen molar-refractivity contribution >= 4 is 5.69 Å². The number of hydrogen-bond acceptors (Lipinski definition) is 4. The molecule has 1 aromatic rings. The lowest BCUT2D eigenvalue weighted by molar-refractivity contribution is -0.138. The smallest absolute Gasteiger partial charge is 0.395 e. The summed E-state index contributed by atoms with van der Waals surface area (Å²) < 4.78 is 39.6. The number of hydrogen-bond donors (Lipinski definition) is 2. The molecule has 1 aromatic carbocycles. The van der Waals surface area contributed by atoms with Gasteiger partial charge in [-0.25, -0.2) is 0 Å². The first kappa shape index (κ1) is 17.1. The second-order valence-electron chi connectivity index (χ2n) is 5.46. The standard InChI is InChI=1S/C15H22F3N3O/c1-19-13-3-2-12(14(10-13)15(16,17)18)11-21-6-4-20(5-7-21)8-9-22/h2-3,10,19,22H,4-9,11H2,1H3. The molecule has 0 atom stereocenters. The lowest BCUT2D eigenvalue weighted by Crippen LogP contribution is -2.46. The highest BCUT2D eigenvalue weighted by Crippen LogP contribution is 2.34. The zero-order valence-corrected chi connectivity index (χ0v) is 12.7. The molecule has 0 saturated carbocycles. The zero-order chi connectivity index (χ0) is 16.2. The molecule has 0 aromatic heterocycles. The van der Waals surface area contributed by atoms with Gasteiger partial charge in [0.2, 0.25) is 0 Å². The fourth-order valence-corrected chi connectivity index (χ4v) is 2.69. The van der Waals surface area contributed by atoms with Crippen LogP contribution in [0.5, 0.6) is 0 Å². The number of anilines is 1. The summed E-state index contributed by atoms with van der Waals surface area (Å²) in [6.45, 7) is 4.01. The zero-order valence-electron chi connectivity index (χ0n) is 12.7. The van der Waals surface area contributed by atoms with Crippen molar-refractivity contribution in [3.05, 3.63) is 29.3 Å². The van der Waals surface area contributed by atoms with Gasteiger partial charge in [0.05, 0.1) is 12.2 Å². The molecule has 7 heteroatoms. The van der Waals surface area contributed by atoms with E-state index >= 15 is 0 Å². The maximum absolute atomic E-state index is 13.2. The van der Waals surface area contributed by atoms with E-state index < -0.39 is 11.7 Å². The van der Waals surface area contributed by atoms with Crippen LogP contribution in [-0.2, 0) is 12.7 Å². The van der Waals surface area contributed by atoms with Gasteiger partial charge in [-0.2, -0.15) is 13.2 Å². The summed E-state index contributed by atoms with van der Waals surface area (Å²) in [5, 5.41) is 11.7. The Morgan fingerprint density at radius 2 is 1.77 bits per heavy atom. The predicted molar refractivity (Wildman–Crippen MR) is 79.8 cm³/mol. The Morgan fingerprint density at radius 1 is 1.14 bits per heavy atom. The number of alkyl halides is 3. The molecule has 2 N–H and O–H groups in total.